The third-order valence-corrected chi connectivity index (χ3v) is 8.36. The van der Waals surface area contributed by atoms with Gasteiger partial charge in [-0.15, -0.1) is 0 Å². The Balaban J connectivity index is 1.37. The van der Waals surface area contributed by atoms with E-state index in [-0.39, 0.29) is 30.2 Å². The van der Waals surface area contributed by atoms with Gasteiger partial charge in [-0.05, 0) is 66.4 Å². The molecule has 1 atom stereocenters. The number of hydrogen-bond acceptors (Lipinski definition) is 4. The molecule has 0 spiro atoms. The first-order valence-corrected chi connectivity index (χ1v) is 15.2. The van der Waals surface area contributed by atoms with E-state index in [1.807, 2.05) is 41.3 Å². The molecule has 8 heteroatoms. The Labute approximate surface area is 261 Å². The van der Waals surface area contributed by atoms with Crippen molar-refractivity contribution in [2.75, 3.05) is 13.1 Å². The van der Waals surface area contributed by atoms with E-state index in [1.165, 1.54) is 4.90 Å². The fourth-order valence-electron chi connectivity index (χ4n) is 6.02. The van der Waals surface area contributed by atoms with Crippen molar-refractivity contribution in [1.82, 2.24) is 19.4 Å². The first-order valence-electron chi connectivity index (χ1n) is 14.8. The van der Waals surface area contributed by atoms with Crippen molar-refractivity contribution >= 4 is 40.4 Å². The minimum atomic E-state index is -0.392. The van der Waals surface area contributed by atoms with E-state index < -0.39 is 6.04 Å². The lowest BCUT2D eigenvalue weighted by Crippen LogP contribution is -2.41. The fraction of sp³-hybridized carbons (Fsp3) is 0.222. The number of nitrogens with zero attached hydrogens (tertiary/aromatic N) is 4. The lowest BCUT2D eigenvalue weighted by molar-refractivity contribution is 0.0575. The average Bonchev–Trinajstić information content (AvgIpc) is 3.51. The van der Waals surface area contributed by atoms with E-state index in [2.05, 4.69) is 36.6 Å². The molecule has 0 bridgehead atoms. The van der Waals surface area contributed by atoms with Gasteiger partial charge in [-0.1, -0.05) is 80.0 Å². The summed E-state index contributed by atoms with van der Waals surface area (Å²) in [6.45, 7) is 5.28. The van der Waals surface area contributed by atoms with Crippen LogP contribution in [0.15, 0.2) is 103 Å². The van der Waals surface area contributed by atoms with Crippen LogP contribution >= 0.6 is 11.6 Å². The second-order valence-electron chi connectivity index (χ2n) is 11.4. The largest absolute Gasteiger partial charge is 0.328 e. The Morgan fingerprint density at radius 2 is 1.43 bits per heavy atom. The van der Waals surface area contributed by atoms with Gasteiger partial charge >= 0.3 is 0 Å². The fourth-order valence-corrected chi connectivity index (χ4v) is 6.14. The monoisotopic (exact) mass is 604 g/mol. The van der Waals surface area contributed by atoms with Gasteiger partial charge in [0.1, 0.15) is 5.82 Å². The van der Waals surface area contributed by atoms with Crippen LogP contribution in [0, 0.1) is 5.92 Å². The molecule has 4 aromatic carbocycles. The number of imide groups is 1. The summed E-state index contributed by atoms with van der Waals surface area (Å²) >= 11 is 6.16. The number of carbonyl (C=O) groups is 3. The zero-order valence-electron chi connectivity index (χ0n) is 24.7. The van der Waals surface area contributed by atoms with Gasteiger partial charge in [0.2, 0.25) is 0 Å². The molecule has 0 N–H and O–H groups in total. The maximum Gasteiger partial charge on any atom is 0.261 e. The van der Waals surface area contributed by atoms with E-state index in [4.69, 9.17) is 16.6 Å². The van der Waals surface area contributed by atoms with E-state index in [9.17, 15) is 14.4 Å². The number of imidazole rings is 1. The van der Waals surface area contributed by atoms with Crippen molar-refractivity contribution in [3.63, 3.8) is 0 Å². The molecular formula is C36H33ClN4O3. The molecule has 222 valence electrons. The molecule has 0 fully saturated rings. The average molecular weight is 605 g/mol. The van der Waals surface area contributed by atoms with Crippen molar-refractivity contribution in [1.29, 1.82) is 0 Å². The summed E-state index contributed by atoms with van der Waals surface area (Å²) in [6.07, 6.45) is 0.410. The van der Waals surface area contributed by atoms with Crippen molar-refractivity contribution in [2.24, 2.45) is 5.92 Å². The Morgan fingerprint density at radius 3 is 2.09 bits per heavy atom. The van der Waals surface area contributed by atoms with Crippen LogP contribution < -0.4 is 0 Å². The smallest absolute Gasteiger partial charge is 0.261 e. The quantitative estimate of drug-likeness (QED) is 0.157. The number of hydrogen-bond donors (Lipinski definition) is 0. The standard InChI is InChI=1S/C36H33ClN4O3/c1-24(2)32(33-38-30-15-8-9-16-31(30)41(33)23-25-11-4-3-5-12-25)39(34(42)26-17-19-27(37)20-18-26)21-10-22-40-35(43)28-13-6-7-14-29(28)36(40)44/h3-9,11-20,24,32H,10,21-23H2,1-2H3. The number of amides is 3. The Bertz CT molecular complexity index is 1800. The molecule has 0 radical (unpaired) electrons. The van der Waals surface area contributed by atoms with Crippen LogP contribution in [0.25, 0.3) is 11.0 Å². The molecule has 3 amide bonds. The summed E-state index contributed by atoms with van der Waals surface area (Å²) < 4.78 is 2.20. The maximum atomic E-state index is 14.3. The molecule has 44 heavy (non-hydrogen) atoms. The topological polar surface area (TPSA) is 75.5 Å². The minimum Gasteiger partial charge on any atom is -0.328 e. The molecule has 5 aromatic rings. The third-order valence-electron chi connectivity index (χ3n) is 8.11. The normalized spacial score (nSPS) is 13.5. The molecule has 0 aliphatic carbocycles. The number of carbonyl (C=O) groups excluding carboxylic acids is 3. The van der Waals surface area contributed by atoms with Crippen LogP contribution in [0.3, 0.4) is 0 Å². The lowest BCUT2D eigenvalue weighted by atomic mass is 9.99. The van der Waals surface area contributed by atoms with Crippen molar-refractivity contribution in [3.05, 3.63) is 136 Å². The summed E-state index contributed by atoms with van der Waals surface area (Å²) in [7, 11) is 0. The van der Waals surface area contributed by atoms with Gasteiger partial charge in [0.15, 0.2) is 0 Å². The zero-order chi connectivity index (χ0) is 30.8. The zero-order valence-corrected chi connectivity index (χ0v) is 25.4. The minimum absolute atomic E-state index is 0.00288. The first-order chi connectivity index (χ1) is 21.3. The van der Waals surface area contributed by atoms with Crippen LogP contribution in [-0.2, 0) is 6.54 Å². The summed E-state index contributed by atoms with van der Waals surface area (Å²) in [4.78, 5) is 48.6. The van der Waals surface area contributed by atoms with E-state index in [0.29, 0.717) is 41.2 Å². The van der Waals surface area contributed by atoms with Gasteiger partial charge in [0.25, 0.3) is 17.7 Å². The Kier molecular flexibility index (Phi) is 8.31. The van der Waals surface area contributed by atoms with Crippen molar-refractivity contribution in [2.45, 2.75) is 32.9 Å². The van der Waals surface area contributed by atoms with Crippen molar-refractivity contribution < 1.29 is 14.4 Å². The number of para-hydroxylation sites is 2. The highest BCUT2D eigenvalue weighted by atomic mass is 35.5. The van der Waals surface area contributed by atoms with E-state index in [1.54, 1.807) is 48.5 Å². The number of rotatable bonds is 10. The second-order valence-corrected chi connectivity index (χ2v) is 11.8. The highest BCUT2D eigenvalue weighted by Crippen LogP contribution is 2.33. The van der Waals surface area contributed by atoms with Crippen LogP contribution in [0.5, 0.6) is 0 Å². The molecule has 1 aromatic heterocycles. The van der Waals surface area contributed by atoms with Gasteiger partial charge in [0.05, 0.1) is 28.2 Å². The number of halogens is 1. The van der Waals surface area contributed by atoms with Gasteiger partial charge < -0.3 is 9.47 Å². The lowest BCUT2D eigenvalue weighted by Gasteiger charge is -2.35. The Hall–Kier alpha value is -4.75. The molecule has 0 saturated carbocycles. The van der Waals surface area contributed by atoms with Crippen LogP contribution in [-0.4, -0.2) is 50.2 Å². The van der Waals surface area contributed by atoms with Crippen LogP contribution in [0.2, 0.25) is 5.02 Å². The second kappa shape index (κ2) is 12.5. The van der Waals surface area contributed by atoms with Crippen LogP contribution in [0.1, 0.15) is 68.8 Å². The van der Waals surface area contributed by atoms with Gasteiger partial charge in [0, 0.05) is 30.2 Å². The van der Waals surface area contributed by atoms with E-state index in [0.717, 1.165) is 22.4 Å². The Morgan fingerprint density at radius 1 is 0.818 bits per heavy atom. The predicted molar refractivity (Wildman–Crippen MR) is 172 cm³/mol. The highest BCUT2D eigenvalue weighted by molar-refractivity contribution is 6.30. The summed E-state index contributed by atoms with van der Waals surface area (Å²) in [5.41, 5.74) is 4.31. The number of fused-ring (bicyclic) bond motifs is 2. The summed E-state index contributed by atoms with van der Waals surface area (Å²) in [6, 6.07) is 31.6. The molecular weight excluding hydrogens is 572 g/mol. The summed E-state index contributed by atoms with van der Waals surface area (Å²) in [5, 5.41) is 0.545. The molecule has 1 unspecified atom stereocenters. The number of benzene rings is 4. The van der Waals surface area contributed by atoms with E-state index >= 15 is 0 Å². The van der Waals surface area contributed by atoms with Gasteiger partial charge in [-0.3, -0.25) is 19.3 Å². The van der Waals surface area contributed by atoms with Gasteiger partial charge in [-0.25, -0.2) is 4.98 Å². The highest BCUT2D eigenvalue weighted by Gasteiger charge is 2.36. The molecule has 7 nitrogen and oxygen atoms in total. The summed E-state index contributed by atoms with van der Waals surface area (Å²) in [5.74, 6) is 0.0171. The number of aromatic nitrogens is 2. The molecule has 2 heterocycles. The van der Waals surface area contributed by atoms with Crippen LogP contribution in [0.4, 0.5) is 0 Å². The molecule has 1 aliphatic heterocycles. The van der Waals surface area contributed by atoms with Crippen molar-refractivity contribution in [3.8, 4) is 0 Å². The third kappa shape index (κ3) is 5.63. The molecule has 1 aliphatic rings. The SMILES string of the molecule is CC(C)C(c1nc2ccccc2n1Cc1ccccc1)N(CCCN1C(=O)c2ccccc2C1=O)C(=O)c1ccc(Cl)cc1. The maximum absolute atomic E-state index is 14.3. The first kappa shape index (κ1) is 29.3. The molecule has 0 saturated heterocycles. The molecule has 6 rings (SSSR count). The van der Waals surface area contributed by atoms with Gasteiger partial charge in [-0.2, -0.15) is 0 Å². The predicted octanol–water partition coefficient (Wildman–Crippen LogP) is 7.26.